The second-order valence-electron chi connectivity index (χ2n) is 6.57. The van der Waals surface area contributed by atoms with Crippen molar-refractivity contribution in [1.82, 2.24) is 20.1 Å². The van der Waals surface area contributed by atoms with Gasteiger partial charge >= 0.3 is 0 Å². The Labute approximate surface area is 156 Å². The molecule has 2 aromatic rings. The first-order valence-corrected chi connectivity index (χ1v) is 10.0. The number of hydrogen-bond acceptors (Lipinski definition) is 5. The SMILES string of the molecule is C[C@H](C(=O)N[C@H]1CCCCC[C@H]1CO)n1c(-c2cccs2)n[nH]c1=S. The second-order valence-corrected chi connectivity index (χ2v) is 7.91. The van der Waals surface area contributed by atoms with Crippen molar-refractivity contribution in [2.75, 3.05) is 6.61 Å². The first kappa shape index (κ1) is 18.3. The van der Waals surface area contributed by atoms with Gasteiger partial charge in [0.25, 0.3) is 0 Å². The summed E-state index contributed by atoms with van der Waals surface area (Å²) < 4.78 is 2.20. The van der Waals surface area contributed by atoms with E-state index in [-0.39, 0.29) is 24.5 Å². The van der Waals surface area contributed by atoms with Gasteiger partial charge in [0.05, 0.1) is 4.88 Å². The molecule has 0 spiro atoms. The molecule has 2 aromatic heterocycles. The summed E-state index contributed by atoms with van der Waals surface area (Å²) >= 11 is 6.90. The van der Waals surface area contributed by atoms with Gasteiger partial charge in [-0.2, -0.15) is 5.10 Å². The van der Waals surface area contributed by atoms with Crippen molar-refractivity contribution in [1.29, 1.82) is 0 Å². The average molecular weight is 381 g/mol. The van der Waals surface area contributed by atoms with Gasteiger partial charge in [-0.15, -0.1) is 11.3 Å². The topological polar surface area (TPSA) is 82.9 Å². The molecule has 0 unspecified atom stereocenters. The Morgan fingerprint density at radius 1 is 1.52 bits per heavy atom. The number of aliphatic hydroxyl groups is 1. The van der Waals surface area contributed by atoms with E-state index in [9.17, 15) is 9.90 Å². The molecule has 136 valence electrons. The molecular formula is C17H24N4O2S2. The highest BCUT2D eigenvalue weighted by Crippen LogP contribution is 2.27. The van der Waals surface area contributed by atoms with Gasteiger partial charge in [0.1, 0.15) is 6.04 Å². The van der Waals surface area contributed by atoms with E-state index in [4.69, 9.17) is 12.2 Å². The van der Waals surface area contributed by atoms with Gasteiger partial charge in [-0.3, -0.25) is 14.5 Å². The van der Waals surface area contributed by atoms with Crippen molar-refractivity contribution in [2.45, 2.75) is 51.1 Å². The highest BCUT2D eigenvalue weighted by Gasteiger charge is 2.28. The summed E-state index contributed by atoms with van der Waals surface area (Å²) in [5, 5.41) is 21.9. The van der Waals surface area contributed by atoms with Crippen molar-refractivity contribution in [3.05, 3.63) is 22.3 Å². The monoisotopic (exact) mass is 380 g/mol. The summed E-state index contributed by atoms with van der Waals surface area (Å²) in [5.74, 6) is 0.732. The maximum Gasteiger partial charge on any atom is 0.243 e. The van der Waals surface area contributed by atoms with Crippen LogP contribution in [-0.2, 0) is 4.79 Å². The third-order valence-electron chi connectivity index (χ3n) is 4.93. The van der Waals surface area contributed by atoms with Crippen molar-refractivity contribution >= 4 is 29.5 Å². The Balaban J connectivity index is 1.79. The maximum absolute atomic E-state index is 12.9. The lowest BCUT2D eigenvalue weighted by molar-refractivity contribution is -0.125. The van der Waals surface area contributed by atoms with E-state index in [1.807, 2.05) is 24.4 Å². The van der Waals surface area contributed by atoms with Crippen LogP contribution >= 0.6 is 23.6 Å². The Morgan fingerprint density at radius 2 is 2.32 bits per heavy atom. The molecule has 0 aromatic carbocycles. The van der Waals surface area contributed by atoms with Crippen LogP contribution in [-0.4, -0.2) is 38.4 Å². The minimum atomic E-state index is -0.467. The molecule has 1 amide bonds. The summed E-state index contributed by atoms with van der Waals surface area (Å²) in [7, 11) is 0. The number of aliphatic hydroxyl groups excluding tert-OH is 1. The zero-order valence-corrected chi connectivity index (χ0v) is 15.9. The zero-order chi connectivity index (χ0) is 17.8. The number of rotatable bonds is 5. The van der Waals surface area contributed by atoms with E-state index in [2.05, 4.69) is 15.5 Å². The minimum Gasteiger partial charge on any atom is -0.396 e. The number of H-pyrrole nitrogens is 1. The number of nitrogens with zero attached hydrogens (tertiary/aromatic N) is 2. The van der Waals surface area contributed by atoms with E-state index < -0.39 is 6.04 Å². The normalized spacial score (nSPS) is 22.3. The van der Waals surface area contributed by atoms with Crippen LogP contribution < -0.4 is 5.32 Å². The molecule has 1 aliphatic carbocycles. The number of nitrogens with one attached hydrogen (secondary N) is 2. The summed E-state index contributed by atoms with van der Waals surface area (Å²) in [4.78, 5) is 13.8. The number of carbonyl (C=O) groups excluding carboxylic acids is 1. The number of thiophene rings is 1. The lowest BCUT2D eigenvalue weighted by Gasteiger charge is -2.26. The lowest BCUT2D eigenvalue weighted by Crippen LogP contribution is -2.44. The van der Waals surface area contributed by atoms with Gasteiger partial charge in [0, 0.05) is 18.6 Å². The van der Waals surface area contributed by atoms with Gasteiger partial charge in [0.2, 0.25) is 5.91 Å². The largest absolute Gasteiger partial charge is 0.396 e. The van der Waals surface area contributed by atoms with Gasteiger partial charge in [0.15, 0.2) is 10.6 Å². The van der Waals surface area contributed by atoms with Crippen LogP contribution in [0.5, 0.6) is 0 Å². The van der Waals surface area contributed by atoms with E-state index in [1.165, 1.54) is 0 Å². The first-order valence-electron chi connectivity index (χ1n) is 8.74. The summed E-state index contributed by atoms with van der Waals surface area (Å²) in [6, 6.07) is 3.47. The molecule has 1 saturated carbocycles. The molecule has 3 rings (SSSR count). The third-order valence-corrected chi connectivity index (χ3v) is 6.09. The zero-order valence-electron chi connectivity index (χ0n) is 14.3. The van der Waals surface area contributed by atoms with Crippen LogP contribution in [0, 0.1) is 10.7 Å². The molecule has 3 N–H and O–H groups in total. The molecule has 6 nitrogen and oxygen atoms in total. The summed E-state index contributed by atoms with van der Waals surface area (Å²) in [6.45, 7) is 1.95. The fourth-order valence-corrected chi connectivity index (χ4v) is 4.46. The van der Waals surface area contributed by atoms with Gasteiger partial charge in [-0.1, -0.05) is 25.3 Å². The molecular weight excluding hydrogens is 356 g/mol. The van der Waals surface area contributed by atoms with Crippen LogP contribution in [0.2, 0.25) is 0 Å². The maximum atomic E-state index is 12.9. The Bertz CT molecular complexity index is 753. The highest BCUT2D eigenvalue weighted by molar-refractivity contribution is 7.71. The molecule has 2 heterocycles. The van der Waals surface area contributed by atoms with Crippen molar-refractivity contribution in [3.8, 4) is 10.7 Å². The highest BCUT2D eigenvalue weighted by atomic mass is 32.1. The number of hydrogen-bond donors (Lipinski definition) is 3. The summed E-state index contributed by atoms with van der Waals surface area (Å²) in [6.07, 6.45) is 5.23. The van der Waals surface area contributed by atoms with Crippen LogP contribution in [0.4, 0.5) is 0 Å². The van der Waals surface area contributed by atoms with Crippen LogP contribution in [0.1, 0.15) is 45.1 Å². The van der Waals surface area contributed by atoms with Crippen molar-refractivity contribution in [3.63, 3.8) is 0 Å². The van der Waals surface area contributed by atoms with Crippen molar-refractivity contribution in [2.24, 2.45) is 5.92 Å². The van der Waals surface area contributed by atoms with E-state index in [1.54, 1.807) is 15.9 Å². The molecule has 3 atom stereocenters. The van der Waals surface area contributed by atoms with Crippen LogP contribution in [0.15, 0.2) is 17.5 Å². The number of amides is 1. The molecule has 0 saturated heterocycles. The fraction of sp³-hybridized carbons (Fsp3) is 0.588. The molecule has 1 fully saturated rings. The molecule has 0 aliphatic heterocycles. The number of aromatic nitrogens is 3. The number of carbonyl (C=O) groups is 1. The minimum absolute atomic E-state index is 0.0220. The number of aromatic amines is 1. The quantitative estimate of drug-likeness (QED) is 0.549. The standard InChI is InChI=1S/C17H24N4O2S2/c1-11(16(23)18-13-7-4-2-3-6-12(13)10-22)21-15(19-20-17(21)24)14-8-5-9-25-14/h5,8-9,11-13,22H,2-4,6-7,10H2,1H3,(H,18,23)(H,20,24)/t11-,12+,13+/m1/s1. The van der Waals surface area contributed by atoms with Crippen molar-refractivity contribution < 1.29 is 9.90 Å². The predicted molar refractivity (Wildman–Crippen MR) is 101 cm³/mol. The predicted octanol–water partition coefficient (Wildman–Crippen LogP) is 3.29. The van der Waals surface area contributed by atoms with Gasteiger partial charge in [-0.25, -0.2) is 0 Å². The van der Waals surface area contributed by atoms with E-state index in [0.29, 0.717) is 10.6 Å². The fourth-order valence-electron chi connectivity index (χ4n) is 3.46. The molecule has 25 heavy (non-hydrogen) atoms. The van der Waals surface area contributed by atoms with Gasteiger partial charge < -0.3 is 10.4 Å². The van der Waals surface area contributed by atoms with Gasteiger partial charge in [-0.05, 0) is 43.4 Å². The van der Waals surface area contributed by atoms with E-state index in [0.717, 1.165) is 37.0 Å². The molecule has 8 heteroatoms. The Morgan fingerprint density at radius 3 is 3.04 bits per heavy atom. The average Bonchev–Trinajstić information content (AvgIpc) is 3.20. The molecule has 0 bridgehead atoms. The van der Waals surface area contributed by atoms with Crippen LogP contribution in [0.25, 0.3) is 10.7 Å². The molecule has 1 aliphatic rings. The second kappa shape index (κ2) is 8.25. The lowest BCUT2D eigenvalue weighted by atomic mass is 9.95. The first-order chi connectivity index (χ1) is 12.1. The Hall–Kier alpha value is -1.51. The smallest absolute Gasteiger partial charge is 0.243 e. The summed E-state index contributed by atoms with van der Waals surface area (Å²) in [5.41, 5.74) is 0. The molecule has 0 radical (unpaired) electrons. The van der Waals surface area contributed by atoms with Crippen LogP contribution in [0.3, 0.4) is 0 Å². The third kappa shape index (κ3) is 4.02. The van der Waals surface area contributed by atoms with E-state index >= 15 is 0 Å². The Kier molecular flexibility index (Phi) is 6.03.